The Kier molecular flexibility index (Phi) is 13.8. The van der Waals surface area contributed by atoms with E-state index in [9.17, 15) is 9.59 Å². The number of carbonyl (C=O) groups is 2. The molecule has 0 aliphatic heterocycles. The molecule has 0 saturated heterocycles. The second-order valence-electron chi connectivity index (χ2n) is 20.5. The van der Waals surface area contributed by atoms with Crippen molar-refractivity contribution >= 4 is 11.7 Å². The zero-order valence-electron chi connectivity index (χ0n) is 35.0. The highest BCUT2D eigenvalue weighted by atomic mass is 16.2. The van der Waals surface area contributed by atoms with E-state index in [-0.39, 0.29) is 27.1 Å². The van der Waals surface area contributed by atoms with Gasteiger partial charge in [-0.3, -0.25) is 9.59 Å². The van der Waals surface area contributed by atoms with Crippen molar-refractivity contribution in [3.63, 3.8) is 0 Å². The predicted octanol–water partition coefficient (Wildman–Crippen LogP) is 13.6. The fourth-order valence-corrected chi connectivity index (χ4v) is 14.4. The maximum Gasteiger partial charge on any atom is 0.226 e. The zero-order chi connectivity index (χ0) is 36.9. The summed E-state index contributed by atoms with van der Waals surface area (Å²) in [6, 6.07) is 0. The molecule has 0 spiro atoms. The van der Waals surface area contributed by atoms with Gasteiger partial charge in [-0.2, -0.15) is 0 Å². The largest absolute Gasteiger partial charge is 0.356 e. The molecule has 51 heavy (non-hydrogen) atoms. The first kappa shape index (κ1) is 41.1. The van der Waals surface area contributed by atoms with Gasteiger partial charge in [-0.1, -0.05) is 150 Å². The minimum atomic E-state index is -0.216. The van der Waals surface area contributed by atoms with Gasteiger partial charge in [-0.15, -0.1) is 0 Å². The van der Waals surface area contributed by atoms with E-state index in [1.807, 2.05) is 0 Å². The Bertz CT molecular complexity index is 1190. The van der Waals surface area contributed by atoms with Gasteiger partial charge < -0.3 is 5.32 Å². The van der Waals surface area contributed by atoms with E-state index in [1.54, 1.807) is 0 Å². The number of hydrogen-bond donors (Lipinski definition) is 1. The van der Waals surface area contributed by atoms with Crippen LogP contribution in [-0.4, -0.2) is 18.2 Å². The third-order valence-corrected chi connectivity index (χ3v) is 17.6. The molecule has 5 aliphatic rings. The molecule has 3 heteroatoms. The fourth-order valence-electron chi connectivity index (χ4n) is 14.4. The summed E-state index contributed by atoms with van der Waals surface area (Å²) in [4.78, 5) is 27.6. The molecule has 0 bridgehead atoms. The average molecular weight is 706 g/mol. The number of fused-ring (bicyclic) bond motifs is 7. The summed E-state index contributed by atoms with van der Waals surface area (Å²) >= 11 is 0. The Balaban J connectivity index is 1.10. The van der Waals surface area contributed by atoms with Gasteiger partial charge in [-0.05, 0) is 117 Å². The van der Waals surface area contributed by atoms with Gasteiger partial charge in [0.05, 0.1) is 5.41 Å². The highest BCUT2D eigenvalue weighted by Gasteiger charge is 2.71. The molecule has 5 rings (SSSR count). The van der Waals surface area contributed by atoms with Crippen LogP contribution in [0, 0.1) is 56.7 Å². The highest BCUT2D eigenvalue weighted by Crippen LogP contribution is 2.77. The number of hydrogen-bond acceptors (Lipinski definition) is 2. The van der Waals surface area contributed by atoms with Gasteiger partial charge in [0, 0.05) is 18.4 Å². The van der Waals surface area contributed by atoms with Crippen molar-refractivity contribution in [2.45, 2.75) is 215 Å². The summed E-state index contributed by atoms with van der Waals surface area (Å²) < 4.78 is 0. The minimum Gasteiger partial charge on any atom is -0.356 e. The Hall–Kier alpha value is -1.12. The number of Topliss-reactive ketones (excluding diaryl/α,β-unsaturated/α-hetero) is 1. The van der Waals surface area contributed by atoms with E-state index >= 15 is 0 Å². The van der Waals surface area contributed by atoms with Crippen molar-refractivity contribution in [2.24, 2.45) is 56.7 Å². The van der Waals surface area contributed by atoms with Crippen molar-refractivity contribution in [3.05, 3.63) is 12.2 Å². The minimum absolute atomic E-state index is 0.200. The molecule has 5 saturated carbocycles. The van der Waals surface area contributed by atoms with Crippen molar-refractivity contribution < 1.29 is 9.59 Å². The van der Waals surface area contributed by atoms with Crippen LogP contribution in [0.5, 0.6) is 0 Å². The Morgan fingerprint density at radius 1 is 0.667 bits per heavy atom. The number of amides is 1. The molecule has 292 valence electrons. The quantitative estimate of drug-likeness (QED) is 0.107. The van der Waals surface area contributed by atoms with E-state index in [0.717, 1.165) is 45.1 Å². The third kappa shape index (κ3) is 7.86. The lowest BCUT2D eigenvalue weighted by molar-refractivity contribution is -0.233. The summed E-state index contributed by atoms with van der Waals surface area (Å²) in [6.07, 6.45) is 33.2. The van der Waals surface area contributed by atoms with Crippen LogP contribution in [0.25, 0.3) is 0 Å². The van der Waals surface area contributed by atoms with Gasteiger partial charge in [0.25, 0.3) is 0 Å². The van der Waals surface area contributed by atoms with Crippen LogP contribution < -0.4 is 5.32 Å². The number of unbranched alkanes of at least 4 members (excludes halogenated alkanes) is 15. The smallest absolute Gasteiger partial charge is 0.226 e. The molecule has 9 atom stereocenters. The van der Waals surface area contributed by atoms with Crippen LogP contribution in [0.3, 0.4) is 0 Å². The molecule has 3 nitrogen and oxygen atoms in total. The average Bonchev–Trinajstić information content (AvgIpc) is 3.50. The van der Waals surface area contributed by atoms with Crippen molar-refractivity contribution in [1.29, 1.82) is 0 Å². The van der Waals surface area contributed by atoms with Crippen LogP contribution in [0.15, 0.2) is 12.2 Å². The van der Waals surface area contributed by atoms with Gasteiger partial charge in [-0.25, -0.2) is 0 Å². The van der Waals surface area contributed by atoms with Gasteiger partial charge in [0.15, 0.2) is 0 Å². The van der Waals surface area contributed by atoms with Crippen LogP contribution >= 0.6 is 0 Å². The number of ketones is 1. The summed E-state index contributed by atoms with van der Waals surface area (Å²) in [5.74, 6) is 3.51. The number of rotatable bonds is 19. The molecule has 0 aromatic heterocycles. The zero-order valence-corrected chi connectivity index (χ0v) is 35.0. The predicted molar refractivity (Wildman–Crippen MR) is 217 cm³/mol. The summed E-state index contributed by atoms with van der Waals surface area (Å²) in [5.41, 5.74) is 1.63. The first-order chi connectivity index (χ1) is 24.3. The topological polar surface area (TPSA) is 46.2 Å². The molecule has 5 fully saturated rings. The molecule has 0 aromatic carbocycles. The molecule has 3 unspecified atom stereocenters. The standard InChI is InChI=1S/C48H83NO2/c1-9-10-11-12-13-14-15-16-17-18-19-20-21-22-23-24-35-49-43(51)48-32-27-37(36(2)3)42(48)38-25-26-40-45(6)30-29-41(50)44(4,5)39(45)28-31-47(40,8)46(38,7)33-34-48/h37-40,42H,2,9-35H2,1,3-8H3,(H,49,51)/t37-,38?,39?,40+,42?,45-,46-,47+,48-/m0/s1. The van der Waals surface area contributed by atoms with Gasteiger partial charge in [0.1, 0.15) is 5.78 Å². The lowest BCUT2D eigenvalue weighted by Gasteiger charge is -2.72. The highest BCUT2D eigenvalue weighted by molar-refractivity contribution is 5.85. The summed E-state index contributed by atoms with van der Waals surface area (Å²) in [6.45, 7) is 22.4. The van der Waals surface area contributed by atoms with Crippen LogP contribution in [0.4, 0.5) is 0 Å². The van der Waals surface area contributed by atoms with E-state index < -0.39 is 0 Å². The molecule has 0 aromatic rings. The van der Waals surface area contributed by atoms with E-state index in [4.69, 9.17) is 0 Å². The van der Waals surface area contributed by atoms with Crippen molar-refractivity contribution in [3.8, 4) is 0 Å². The van der Waals surface area contributed by atoms with Gasteiger partial charge >= 0.3 is 0 Å². The monoisotopic (exact) mass is 706 g/mol. The number of nitrogens with one attached hydrogen (secondary N) is 1. The van der Waals surface area contributed by atoms with Crippen LogP contribution in [0.1, 0.15) is 215 Å². The molecule has 5 aliphatic carbocycles. The third-order valence-electron chi connectivity index (χ3n) is 17.6. The summed E-state index contributed by atoms with van der Waals surface area (Å²) in [7, 11) is 0. The lowest BCUT2D eigenvalue weighted by atomic mass is 9.32. The van der Waals surface area contributed by atoms with E-state index in [1.165, 1.54) is 134 Å². The van der Waals surface area contributed by atoms with Crippen LogP contribution in [0.2, 0.25) is 0 Å². The first-order valence-corrected chi connectivity index (χ1v) is 22.8. The van der Waals surface area contributed by atoms with Gasteiger partial charge in [0.2, 0.25) is 5.91 Å². The second kappa shape index (κ2) is 17.1. The first-order valence-electron chi connectivity index (χ1n) is 22.8. The van der Waals surface area contributed by atoms with E-state index in [0.29, 0.717) is 41.3 Å². The van der Waals surface area contributed by atoms with E-state index in [2.05, 4.69) is 60.4 Å². The fraction of sp³-hybridized carbons (Fsp3) is 0.917. The van der Waals surface area contributed by atoms with Crippen molar-refractivity contribution in [2.75, 3.05) is 6.54 Å². The van der Waals surface area contributed by atoms with Crippen molar-refractivity contribution in [1.82, 2.24) is 5.32 Å². The maximum absolute atomic E-state index is 14.4. The Morgan fingerprint density at radius 3 is 1.80 bits per heavy atom. The Labute approximate surface area is 316 Å². The second-order valence-corrected chi connectivity index (χ2v) is 20.5. The summed E-state index contributed by atoms with van der Waals surface area (Å²) in [5, 5.41) is 3.55. The molecule has 0 heterocycles. The van der Waals surface area contributed by atoms with Crippen LogP contribution in [-0.2, 0) is 9.59 Å². The maximum atomic E-state index is 14.4. The molecule has 1 amide bonds. The normalized spacial score (nSPS) is 38.3. The lowest BCUT2D eigenvalue weighted by Crippen LogP contribution is -2.67. The number of carbonyl (C=O) groups excluding carboxylic acids is 2. The molecular weight excluding hydrogens is 623 g/mol. The molecule has 1 N–H and O–H groups in total. The SMILES string of the molecule is C=C(C)[C@@H]1CC[C@]2(C(=O)NCCCCCCCCCCCCCCCCCC)CC[C@@]3(C)C(CC[C@@H]4[C@@]5(C)CCC(=O)C(C)(C)C5CC[C@]43C)C12. The Morgan fingerprint density at radius 2 is 1.24 bits per heavy atom. The number of allylic oxidation sites excluding steroid dienone is 1. The molecular formula is C48H83NO2. The molecule has 0 radical (unpaired) electrons.